The molecule has 0 radical (unpaired) electrons. The summed E-state index contributed by atoms with van der Waals surface area (Å²) in [5.74, 6) is 0.685. The summed E-state index contributed by atoms with van der Waals surface area (Å²) in [6.07, 6.45) is 1.80. The molecule has 96 valence electrons. The Hall–Kier alpha value is -2.36. The summed E-state index contributed by atoms with van der Waals surface area (Å²) in [6, 6.07) is 12.0. The van der Waals surface area contributed by atoms with Crippen molar-refractivity contribution in [1.29, 1.82) is 0 Å². The molecule has 0 spiro atoms. The van der Waals surface area contributed by atoms with E-state index in [9.17, 15) is 0 Å². The number of aryl methyl sites for hydroxylation is 1. The maximum atomic E-state index is 5.46. The van der Waals surface area contributed by atoms with E-state index in [1.165, 1.54) is 0 Å². The van der Waals surface area contributed by atoms with Gasteiger partial charge in [0.25, 0.3) is 0 Å². The minimum atomic E-state index is 0.145. The van der Waals surface area contributed by atoms with E-state index < -0.39 is 0 Å². The summed E-state index contributed by atoms with van der Waals surface area (Å²) in [4.78, 5) is 8.68. The molecule has 1 aromatic carbocycles. The lowest BCUT2D eigenvalue weighted by molar-refractivity contribution is 0.561. The number of nitrogens with zero attached hydrogens (tertiary/aromatic N) is 2. The average molecular weight is 253 g/mol. The number of rotatable bonds is 3. The molecular formula is C15H15N3O. The fraction of sp³-hybridized carbons (Fsp3) is 0.200. The van der Waals surface area contributed by atoms with Crippen LogP contribution in [0.1, 0.15) is 24.6 Å². The predicted octanol–water partition coefficient (Wildman–Crippen LogP) is 3.70. The summed E-state index contributed by atoms with van der Waals surface area (Å²) < 4.78 is 5.46. The highest BCUT2D eigenvalue weighted by Gasteiger charge is 2.08. The Morgan fingerprint density at radius 3 is 2.89 bits per heavy atom. The van der Waals surface area contributed by atoms with Crippen molar-refractivity contribution in [2.24, 2.45) is 0 Å². The van der Waals surface area contributed by atoms with Crippen LogP contribution in [0.4, 0.5) is 5.69 Å². The number of pyridine rings is 1. The van der Waals surface area contributed by atoms with Gasteiger partial charge in [0.05, 0.1) is 11.7 Å². The zero-order chi connectivity index (χ0) is 13.2. The van der Waals surface area contributed by atoms with Gasteiger partial charge < -0.3 is 9.73 Å². The maximum absolute atomic E-state index is 5.46. The van der Waals surface area contributed by atoms with Crippen LogP contribution < -0.4 is 5.32 Å². The van der Waals surface area contributed by atoms with Gasteiger partial charge in [-0.15, -0.1) is 0 Å². The Bertz CT molecular complexity index is 691. The van der Waals surface area contributed by atoms with E-state index in [0.29, 0.717) is 5.89 Å². The average Bonchev–Trinajstić information content (AvgIpc) is 2.79. The fourth-order valence-corrected chi connectivity index (χ4v) is 2.09. The summed E-state index contributed by atoms with van der Waals surface area (Å²) in [7, 11) is 0. The molecule has 3 aromatic rings. The highest BCUT2D eigenvalue weighted by atomic mass is 16.3. The smallest absolute Gasteiger partial charge is 0.192 e. The molecule has 0 aliphatic rings. The molecule has 2 aromatic heterocycles. The Morgan fingerprint density at radius 1 is 1.21 bits per heavy atom. The molecule has 2 heterocycles. The van der Waals surface area contributed by atoms with Crippen LogP contribution in [0.3, 0.4) is 0 Å². The predicted molar refractivity (Wildman–Crippen MR) is 75.0 cm³/mol. The van der Waals surface area contributed by atoms with Crippen LogP contribution in [0.25, 0.3) is 11.1 Å². The van der Waals surface area contributed by atoms with Gasteiger partial charge >= 0.3 is 0 Å². The molecule has 3 rings (SSSR count). The third-order valence-corrected chi connectivity index (χ3v) is 3.01. The highest BCUT2D eigenvalue weighted by molar-refractivity contribution is 5.77. The quantitative estimate of drug-likeness (QED) is 0.773. The molecule has 0 saturated heterocycles. The summed E-state index contributed by atoms with van der Waals surface area (Å²) in [5.41, 5.74) is 3.71. The summed E-state index contributed by atoms with van der Waals surface area (Å²) in [5, 5.41) is 3.42. The molecule has 0 aliphatic carbocycles. The zero-order valence-electron chi connectivity index (χ0n) is 10.9. The maximum Gasteiger partial charge on any atom is 0.192 e. The standard InChI is InChI=1S/C15H15N3O/c1-10(13-5-3-4-8-16-13)17-12-6-7-15-14(9-12)18-11(2)19-15/h3-10,17H,1-2H3. The highest BCUT2D eigenvalue weighted by Crippen LogP contribution is 2.22. The number of hydrogen-bond donors (Lipinski definition) is 1. The minimum Gasteiger partial charge on any atom is -0.441 e. The van der Waals surface area contributed by atoms with E-state index in [2.05, 4.69) is 22.2 Å². The fourth-order valence-electron chi connectivity index (χ4n) is 2.09. The molecule has 0 saturated carbocycles. The van der Waals surface area contributed by atoms with Crippen molar-refractivity contribution in [2.45, 2.75) is 19.9 Å². The number of hydrogen-bond acceptors (Lipinski definition) is 4. The van der Waals surface area contributed by atoms with Gasteiger partial charge in [0, 0.05) is 18.8 Å². The van der Waals surface area contributed by atoms with Crippen molar-refractivity contribution < 1.29 is 4.42 Å². The largest absolute Gasteiger partial charge is 0.441 e. The zero-order valence-corrected chi connectivity index (χ0v) is 10.9. The Labute approximate surface area is 111 Å². The molecule has 0 amide bonds. The van der Waals surface area contributed by atoms with Crippen LogP contribution in [0.2, 0.25) is 0 Å². The van der Waals surface area contributed by atoms with Crippen LogP contribution in [-0.4, -0.2) is 9.97 Å². The van der Waals surface area contributed by atoms with Crippen LogP contribution in [0.15, 0.2) is 47.0 Å². The minimum absolute atomic E-state index is 0.145. The van der Waals surface area contributed by atoms with Gasteiger partial charge in [-0.2, -0.15) is 0 Å². The number of anilines is 1. The number of fused-ring (bicyclic) bond motifs is 1. The van der Waals surface area contributed by atoms with Gasteiger partial charge in [-0.3, -0.25) is 4.98 Å². The van der Waals surface area contributed by atoms with Crippen molar-refractivity contribution in [1.82, 2.24) is 9.97 Å². The monoisotopic (exact) mass is 253 g/mol. The number of oxazole rings is 1. The molecular weight excluding hydrogens is 238 g/mol. The van der Waals surface area contributed by atoms with E-state index in [-0.39, 0.29) is 6.04 Å². The summed E-state index contributed by atoms with van der Waals surface area (Å²) in [6.45, 7) is 3.93. The first kappa shape index (κ1) is 11.7. The first-order chi connectivity index (χ1) is 9.22. The van der Waals surface area contributed by atoms with Crippen molar-refractivity contribution in [3.05, 3.63) is 54.2 Å². The van der Waals surface area contributed by atoms with Gasteiger partial charge in [-0.05, 0) is 37.3 Å². The molecule has 1 N–H and O–H groups in total. The van der Waals surface area contributed by atoms with E-state index in [1.54, 1.807) is 6.20 Å². The lowest BCUT2D eigenvalue weighted by Crippen LogP contribution is -2.07. The van der Waals surface area contributed by atoms with Crippen LogP contribution >= 0.6 is 0 Å². The Balaban J connectivity index is 1.85. The second-order valence-corrected chi connectivity index (χ2v) is 4.54. The van der Waals surface area contributed by atoms with E-state index in [1.807, 2.05) is 43.3 Å². The molecule has 0 fully saturated rings. The van der Waals surface area contributed by atoms with Gasteiger partial charge in [0.1, 0.15) is 5.52 Å². The van der Waals surface area contributed by atoms with E-state index in [4.69, 9.17) is 4.42 Å². The first-order valence-electron chi connectivity index (χ1n) is 6.27. The number of benzene rings is 1. The van der Waals surface area contributed by atoms with Crippen molar-refractivity contribution in [2.75, 3.05) is 5.32 Å². The van der Waals surface area contributed by atoms with Crippen molar-refractivity contribution in [3.63, 3.8) is 0 Å². The second kappa shape index (κ2) is 4.72. The molecule has 1 atom stereocenters. The molecule has 0 bridgehead atoms. The number of aromatic nitrogens is 2. The molecule has 4 nitrogen and oxygen atoms in total. The number of nitrogens with one attached hydrogen (secondary N) is 1. The van der Waals surface area contributed by atoms with Gasteiger partial charge in [-0.25, -0.2) is 4.98 Å². The lowest BCUT2D eigenvalue weighted by atomic mass is 10.2. The van der Waals surface area contributed by atoms with E-state index in [0.717, 1.165) is 22.5 Å². The first-order valence-corrected chi connectivity index (χ1v) is 6.27. The van der Waals surface area contributed by atoms with E-state index >= 15 is 0 Å². The van der Waals surface area contributed by atoms with Gasteiger partial charge in [0.15, 0.2) is 11.5 Å². The van der Waals surface area contributed by atoms with Crippen molar-refractivity contribution in [3.8, 4) is 0 Å². The van der Waals surface area contributed by atoms with Gasteiger partial charge in [-0.1, -0.05) is 6.07 Å². The summed E-state index contributed by atoms with van der Waals surface area (Å²) >= 11 is 0. The van der Waals surface area contributed by atoms with Crippen LogP contribution in [0.5, 0.6) is 0 Å². The molecule has 1 unspecified atom stereocenters. The lowest BCUT2D eigenvalue weighted by Gasteiger charge is -2.14. The Kier molecular flexibility index (Phi) is 2.91. The van der Waals surface area contributed by atoms with Crippen LogP contribution in [0, 0.1) is 6.92 Å². The molecule has 19 heavy (non-hydrogen) atoms. The SMILES string of the molecule is Cc1nc2cc(NC(C)c3ccccn3)ccc2o1. The third-order valence-electron chi connectivity index (χ3n) is 3.01. The molecule has 0 aliphatic heterocycles. The van der Waals surface area contributed by atoms with Gasteiger partial charge in [0.2, 0.25) is 0 Å². The normalized spacial score (nSPS) is 12.5. The topological polar surface area (TPSA) is 51.0 Å². The Morgan fingerprint density at radius 2 is 2.11 bits per heavy atom. The second-order valence-electron chi connectivity index (χ2n) is 4.54. The molecule has 4 heteroatoms. The third kappa shape index (κ3) is 2.42. The van der Waals surface area contributed by atoms with Crippen LogP contribution in [-0.2, 0) is 0 Å². The van der Waals surface area contributed by atoms with Crippen molar-refractivity contribution >= 4 is 16.8 Å².